The highest BCUT2D eigenvalue weighted by Crippen LogP contribution is 2.44. The topological polar surface area (TPSA) is 63.8 Å². The molecule has 1 fully saturated rings. The van der Waals surface area contributed by atoms with Crippen LogP contribution in [0, 0.1) is 0 Å². The van der Waals surface area contributed by atoms with Crippen LogP contribution in [0.15, 0.2) is 47.6 Å². The van der Waals surface area contributed by atoms with Gasteiger partial charge in [0.2, 0.25) is 0 Å². The highest BCUT2D eigenvalue weighted by Gasteiger charge is 2.25. The number of aromatic nitrogens is 1. The van der Waals surface area contributed by atoms with Crippen molar-refractivity contribution in [2.75, 3.05) is 13.7 Å². The van der Waals surface area contributed by atoms with Crippen molar-refractivity contribution >= 4 is 33.8 Å². The molecule has 2 aromatic carbocycles. The Morgan fingerprint density at radius 3 is 2.73 bits per heavy atom. The molecule has 0 unspecified atom stereocenters. The summed E-state index contributed by atoms with van der Waals surface area (Å²) in [4.78, 5) is 17.1. The summed E-state index contributed by atoms with van der Waals surface area (Å²) < 4.78 is 6.98. The minimum absolute atomic E-state index is 0.277. The van der Waals surface area contributed by atoms with Crippen LogP contribution in [0.2, 0.25) is 0 Å². The van der Waals surface area contributed by atoms with Crippen LogP contribution in [0.3, 0.4) is 0 Å². The fraction of sp³-hybridized carbons (Fsp3) is 0.300. The van der Waals surface area contributed by atoms with Gasteiger partial charge in [-0.15, -0.1) is 0 Å². The number of thiazole rings is 1. The van der Waals surface area contributed by atoms with Crippen LogP contribution in [0.1, 0.15) is 34.0 Å². The first-order valence-corrected chi connectivity index (χ1v) is 9.48. The number of hydrogen-bond acceptors (Lipinski definition) is 4. The van der Waals surface area contributed by atoms with Crippen molar-refractivity contribution in [2.24, 2.45) is 4.99 Å². The Morgan fingerprint density at radius 1 is 1.27 bits per heavy atom. The number of hydrogen-bond donors (Lipinski definition) is 1. The summed E-state index contributed by atoms with van der Waals surface area (Å²) >= 11 is 1.19. The summed E-state index contributed by atoms with van der Waals surface area (Å²) in [7, 11) is 1.63. The fourth-order valence-corrected chi connectivity index (χ4v) is 4.04. The van der Waals surface area contributed by atoms with Gasteiger partial charge >= 0.3 is 5.97 Å². The maximum atomic E-state index is 11.4. The van der Waals surface area contributed by atoms with Gasteiger partial charge in [-0.05, 0) is 35.8 Å². The normalized spacial score (nSPS) is 14.9. The van der Waals surface area contributed by atoms with Crippen molar-refractivity contribution in [3.63, 3.8) is 0 Å². The number of carboxylic acids is 1. The van der Waals surface area contributed by atoms with Gasteiger partial charge in [-0.1, -0.05) is 41.7 Å². The van der Waals surface area contributed by atoms with E-state index in [4.69, 9.17) is 9.73 Å². The van der Waals surface area contributed by atoms with E-state index in [-0.39, 0.29) is 4.88 Å². The summed E-state index contributed by atoms with van der Waals surface area (Å²) in [5.74, 6) is -0.266. The van der Waals surface area contributed by atoms with Crippen LogP contribution in [0.25, 0.3) is 10.8 Å². The Hall–Kier alpha value is -2.44. The van der Waals surface area contributed by atoms with Gasteiger partial charge < -0.3 is 14.4 Å². The second-order valence-corrected chi connectivity index (χ2v) is 7.48. The zero-order chi connectivity index (χ0) is 18.1. The fourth-order valence-electron chi connectivity index (χ4n) is 3.17. The number of carboxylic acid groups (broad SMARTS) is 1. The highest BCUT2D eigenvalue weighted by atomic mass is 32.1. The Bertz CT molecular complexity index is 1030. The predicted molar refractivity (Wildman–Crippen MR) is 102 cm³/mol. The molecule has 1 N–H and O–H groups in total. The van der Waals surface area contributed by atoms with Crippen molar-refractivity contribution in [1.29, 1.82) is 0 Å². The summed E-state index contributed by atoms with van der Waals surface area (Å²) in [6.07, 6.45) is 4.14. The van der Waals surface area contributed by atoms with E-state index in [1.807, 2.05) is 10.6 Å². The Balaban J connectivity index is 1.86. The molecule has 1 aliphatic rings. The number of methoxy groups -OCH3 is 1. The number of carbonyl (C=O) groups is 1. The van der Waals surface area contributed by atoms with Gasteiger partial charge in [0.1, 0.15) is 4.88 Å². The molecule has 0 bridgehead atoms. The zero-order valence-corrected chi connectivity index (χ0v) is 15.3. The highest BCUT2D eigenvalue weighted by molar-refractivity contribution is 7.11. The summed E-state index contributed by atoms with van der Waals surface area (Å²) in [5, 5.41) is 11.7. The second kappa shape index (κ2) is 7.05. The Labute approximate surface area is 155 Å². The van der Waals surface area contributed by atoms with Gasteiger partial charge in [0, 0.05) is 25.2 Å². The molecule has 26 heavy (non-hydrogen) atoms. The summed E-state index contributed by atoms with van der Waals surface area (Å²) in [6.45, 7) is 1.07. The molecule has 3 aromatic rings. The molecule has 0 atom stereocenters. The predicted octanol–water partition coefficient (Wildman–Crippen LogP) is 4.16. The van der Waals surface area contributed by atoms with Crippen LogP contribution < -0.4 is 4.80 Å². The quantitative estimate of drug-likeness (QED) is 0.711. The van der Waals surface area contributed by atoms with Gasteiger partial charge in [-0.3, -0.25) is 0 Å². The third-order valence-electron chi connectivity index (χ3n) is 4.64. The molecule has 0 saturated heterocycles. The third-order valence-corrected chi connectivity index (χ3v) is 5.64. The number of ether oxygens (including phenoxy) is 1. The van der Waals surface area contributed by atoms with Crippen LogP contribution in [0.4, 0.5) is 5.69 Å². The molecule has 5 nitrogen and oxygen atoms in total. The van der Waals surface area contributed by atoms with E-state index in [9.17, 15) is 9.90 Å². The maximum Gasteiger partial charge on any atom is 0.347 e. The third kappa shape index (κ3) is 3.30. The number of fused-ring (bicyclic) bond motifs is 1. The molecule has 1 aliphatic carbocycles. The van der Waals surface area contributed by atoms with Gasteiger partial charge in [0.25, 0.3) is 0 Å². The van der Waals surface area contributed by atoms with E-state index >= 15 is 0 Å². The minimum Gasteiger partial charge on any atom is -0.477 e. The van der Waals surface area contributed by atoms with Crippen LogP contribution >= 0.6 is 11.3 Å². The lowest BCUT2D eigenvalue weighted by Gasteiger charge is -2.08. The van der Waals surface area contributed by atoms with Crippen molar-refractivity contribution < 1.29 is 14.6 Å². The second-order valence-electron chi connectivity index (χ2n) is 6.47. The van der Waals surface area contributed by atoms with E-state index in [0.29, 0.717) is 23.9 Å². The average molecular weight is 368 g/mol. The van der Waals surface area contributed by atoms with Gasteiger partial charge in [-0.2, -0.15) is 0 Å². The summed E-state index contributed by atoms with van der Waals surface area (Å²) in [5.41, 5.74) is 2.26. The smallest absolute Gasteiger partial charge is 0.347 e. The SMILES string of the molecule is COCCn1cc(C(=O)O)s/c1=N\c1ccc(C2CC2)c2ccccc12. The number of aromatic carboxylic acids is 1. The molecule has 0 spiro atoms. The largest absolute Gasteiger partial charge is 0.477 e. The van der Waals surface area contributed by atoms with E-state index in [1.165, 1.54) is 35.1 Å². The van der Waals surface area contributed by atoms with Gasteiger partial charge in [-0.25, -0.2) is 9.79 Å². The molecule has 0 radical (unpaired) electrons. The van der Waals surface area contributed by atoms with Gasteiger partial charge in [0.15, 0.2) is 4.80 Å². The van der Waals surface area contributed by atoms with Crippen molar-refractivity contribution in [3.05, 3.63) is 57.8 Å². The first kappa shape index (κ1) is 17.0. The van der Waals surface area contributed by atoms with Gasteiger partial charge in [0.05, 0.1) is 12.3 Å². The Morgan fingerprint density at radius 2 is 2.04 bits per heavy atom. The molecule has 134 valence electrons. The summed E-state index contributed by atoms with van der Waals surface area (Å²) in [6, 6.07) is 12.5. The standard InChI is InChI=1S/C20H20N2O3S/c1-25-11-10-22-12-18(19(23)24)26-20(22)21-17-9-8-14(13-6-7-13)15-4-2-3-5-16(15)17/h2-5,8-9,12-13H,6-7,10-11H2,1H3,(H,23,24)/b21-20-. The molecular weight excluding hydrogens is 348 g/mol. The van der Waals surface area contributed by atoms with Crippen molar-refractivity contribution in [2.45, 2.75) is 25.3 Å². The molecule has 1 saturated carbocycles. The van der Waals surface area contributed by atoms with E-state index in [2.05, 4.69) is 30.3 Å². The minimum atomic E-state index is -0.934. The number of benzene rings is 2. The first-order chi connectivity index (χ1) is 12.7. The van der Waals surface area contributed by atoms with Crippen molar-refractivity contribution in [3.8, 4) is 0 Å². The molecule has 1 aromatic heterocycles. The van der Waals surface area contributed by atoms with E-state index in [1.54, 1.807) is 13.3 Å². The average Bonchev–Trinajstić information content (AvgIpc) is 3.41. The first-order valence-electron chi connectivity index (χ1n) is 8.66. The van der Waals surface area contributed by atoms with Crippen molar-refractivity contribution in [1.82, 2.24) is 4.57 Å². The van der Waals surface area contributed by atoms with Crippen LogP contribution in [0.5, 0.6) is 0 Å². The lowest BCUT2D eigenvalue weighted by molar-refractivity contribution is 0.0701. The van der Waals surface area contributed by atoms with E-state index in [0.717, 1.165) is 11.1 Å². The Kier molecular flexibility index (Phi) is 4.61. The lowest BCUT2D eigenvalue weighted by Crippen LogP contribution is -2.16. The molecule has 1 heterocycles. The zero-order valence-electron chi connectivity index (χ0n) is 14.5. The van der Waals surface area contributed by atoms with Crippen LogP contribution in [-0.2, 0) is 11.3 Å². The number of nitrogens with zero attached hydrogens (tertiary/aromatic N) is 2. The lowest BCUT2D eigenvalue weighted by atomic mass is 10.00. The maximum absolute atomic E-state index is 11.4. The monoisotopic (exact) mass is 368 g/mol. The molecule has 0 amide bonds. The number of rotatable bonds is 6. The van der Waals surface area contributed by atoms with Crippen LogP contribution in [-0.4, -0.2) is 29.4 Å². The molecule has 4 rings (SSSR count). The molecule has 6 heteroatoms. The molecular formula is C20H20N2O3S. The molecule has 0 aliphatic heterocycles. The van der Waals surface area contributed by atoms with E-state index < -0.39 is 5.97 Å².